The zero-order chi connectivity index (χ0) is 14.7. The van der Waals surface area contributed by atoms with Gasteiger partial charge in [0.25, 0.3) is 0 Å². The predicted octanol–water partition coefficient (Wildman–Crippen LogP) is 0.449. The lowest BCUT2D eigenvalue weighted by Crippen LogP contribution is -2.25. The van der Waals surface area contributed by atoms with Crippen LogP contribution in [0, 0.1) is 0 Å². The highest BCUT2D eigenvalue weighted by Crippen LogP contribution is 2.14. The third-order valence-corrected chi connectivity index (χ3v) is 5.12. The van der Waals surface area contributed by atoms with Gasteiger partial charge in [-0.2, -0.15) is 0 Å². The quantitative estimate of drug-likeness (QED) is 0.746. The van der Waals surface area contributed by atoms with Gasteiger partial charge in [0.05, 0.1) is 9.79 Å². The van der Waals surface area contributed by atoms with E-state index in [1.165, 1.54) is 31.3 Å². The Balaban J connectivity index is 3.03. The maximum Gasteiger partial charge on any atom is 0.240 e. The lowest BCUT2D eigenvalue weighted by Gasteiger charge is -2.07. The van der Waals surface area contributed by atoms with Crippen LogP contribution in [0.4, 0.5) is 0 Å². The van der Waals surface area contributed by atoms with Crippen molar-refractivity contribution >= 4 is 20.0 Å². The minimum atomic E-state index is -3.65. The van der Waals surface area contributed by atoms with Gasteiger partial charge in [0.2, 0.25) is 20.0 Å². The van der Waals surface area contributed by atoms with Crippen LogP contribution in [0.25, 0.3) is 0 Å². The maximum absolute atomic E-state index is 11.8. The highest BCUT2D eigenvalue weighted by atomic mass is 32.2. The molecule has 0 aromatic heterocycles. The molecular formula is C11H16N2O4S2. The first-order valence-electron chi connectivity index (χ1n) is 5.37. The number of rotatable bonds is 6. The Morgan fingerprint density at radius 3 is 1.84 bits per heavy atom. The highest BCUT2D eigenvalue weighted by Gasteiger charge is 2.16. The van der Waals surface area contributed by atoms with Crippen LogP contribution in [0.2, 0.25) is 0 Å². The summed E-state index contributed by atoms with van der Waals surface area (Å²) in [5, 5.41) is 0. The molecule has 106 valence electrons. The van der Waals surface area contributed by atoms with Gasteiger partial charge < -0.3 is 0 Å². The molecule has 0 amide bonds. The van der Waals surface area contributed by atoms with Gasteiger partial charge in [-0.15, -0.1) is 0 Å². The Bertz CT molecular complexity index is 661. The van der Waals surface area contributed by atoms with E-state index in [1.54, 1.807) is 6.92 Å². The van der Waals surface area contributed by atoms with E-state index in [2.05, 4.69) is 16.0 Å². The van der Waals surface area contributed by atoms with E-state index in [-0.39, 0.29) is 16.3 Å². The molecule has 0 heterocycles. The topological polar surface area (TPSA) is 92.3 Å². The summed E-state index contributed by atoms with van der Waals surface area (Å²) in [6.07, 6.45) is 0. The fourth-order valence-corrected chi connectivity index (χ4v) is 3.04. The molecule has 6 nitrogen and oxygen atoms in total. The number of nitrogens with one attached hydrogen (secondary N) is 2. The first-order valence-corrected chi connectivity index (χ1v) is 8.33. The molecule has 0 saturated carbocycles. The van der Waals surface area contributed by atoms with Gasteiger partial charge in [0.1, 0.15) is 0 Å². The van der Waals surface area contributed by atoms with Crippen LogP contribution in [0.5, 0.6) is 0 Å². The molecule has 8 heteroatoms. The van der Waals surface area contributed by atoms with Crippen molar-refractivity contribution in [2.24, 2.45) is 0 Å². The second-order valence-corrected chi connectivity index (χ2v) is 7.61. The minimum absolute atomic E-state index is 0.00352. The van der Waals surface area contributed by atoms with Crippen LogP contribution in [0.15, 0.2) is 46.2 Å². The van der Waals surface area contributed by atoms with E-state index in [9.17, 15) is 16.8 Å². The van der Waals surface area contributed by atoms with Crippen molar-refractivity contribution in [3.8, 4) is 0 Å². The third-order valence-electron chi connectivity index (χ3n) is 2.28. The Hall–Kier alpha value is -1.22. The fourth-order valence-electron chi connectivity index (χ4n) is 1.22. The molecule has 0 aliphatic carbocycles. The van der Waals surface area contributed by atoms with Crippen molar-refractivity contribution in [2.45, 2.75) is 16.7 Å². The van der Waals surface area contributed by atoms with Gasteiger partial charge in [-0.3, -0.25) is 0 Å². The SMILES string of the molecule is C=C(C)CNS(=O)(=O)c1ccc(S(=O)(=O)NC)cc1. The van der Waals surface area contributed by atoms with Gasteiger partial charge >= 0.3 is 0 Å². The molecule has 0 unspecified atom stereocenters. The summed E-state index contributed by atoms with van der Waals surface area (Å²) >= 11 is 0. The molecule has 1 rings (SSSR count). The molecule has 0 aliphatic rings. The predicted molar refractivity (Wildman–Crippen MR) is 72.7 cm³/mol. The van der Waals surface area contributed by atoms with E-state index in [1.807, 2.05) is 0 Å². The Kier molecular flexibility index (Phi) is 4.86. The number of hydrogen-bond acceptors (Lipinski definition) is 4. The number of benzene rings is 1. The molecule has 0 spiro atoms. The average molecular weight is 304 g/mol. The summed E-state index contributed by atoms with van der Waals surface area (Å²) in [5.74, 6) is 0. The van der Waals surface area contributed by atoms with E-state index < -0.39 is 20.0 Å². The van der Waals surface area contributed by atoms with E-state index in [0.717, 1.165) is 0 Å². The van der Waals surface area contributed by atoms with Crippen molar-refractivity contribution in [3.63, 3.8) is 0 Å². The fraction of sp³-hybridized carbons (Fsp3) is 0.273. The molecule has 0 fully saturated rings. The average Bonchev–Trinajstić information content (AvgIpc) is 2.37. The summed E-state index contributed by atoms with van der Waals surface area (Å²) in [7, 11) is -5.93. The largest absolute Gasteiger partial charge is 0.240 e. The van der Waals surface area contributed by atoms with Crippen LogP contribution >= 0.6 is 0 Å². The first kappa shape index (κ1) is 15.8. The number of sulfonamides is 2. The van der Waals surface area contributed by atoms with E-state index >= 15 is 0 Å². The van der Waals surface area contributed by atoms with Crippen molar-refractivity contribution in [1.29, 1.82) is 0 Å². The smallest absolute Gasteiger partial charge is 0.214 e. The van der Waals surface area contributed by atoms with Crippen LogP contribution in [-0.4, -0.2) is 30.4 Å². The Labute approximate surface area is 113 Å². The van der Waals surface area contributed by atoms with Gasteiger partial charge in [-0.05, 0) is 38.2 Å². The molecule has 1 aromatic carbocycles. The van der Waals surface area contributed by atoms with Crippen LogP contribution < -0.4 is 9.44 Å². The Morgan fingerprint density at radius 2 is 1.47 bits per heavy atom. The summed E-state index contributed by atoms with van der Waals surface area (Å²) in [6, 6.07) is 4.96. The molecular weight excluding hydrogens is 288 g/mol. The van der Waals surface area contributed by atoms with Gasteiger partial charge in [0.15, 0.2) is 0 Å². The molecule has 0 saturated heterocycles. The van der Waals surface area contributed by atoms with E-state index in [0.29, 0.717) is 5.57 Å². The minimum Gasteiger partial charge on any atom is -0.214 e. The summed E-state index contributed by atoms with van der Waals surface area (Å²) in [6.45, 7) is 5.43. The van der Waals surface area contributed by atoms with Crippen molar-refractivity contribution in [1.82, 2.24) is 9.44 Å². The third kappa shape index (κ3) is 4.13. The maximum atomic E-state index is 11.8. The summed E-state index contributed by atoms with van der Waals surface area (Å²) in [5.41, 5.74) is 0.679. The Morgan fingerprint density at radius 1 is 1.05 bits per heavy atom. The zero-order valence-electron chi connectivity index (χ0n) is 10.7. The number of hydrogen-bond donors (Lipinski definition) is 2. The standard InChI is InChI=1S/C11H16N2O4S2/c1-9(2)8-13-19(16,17)11-6-4-10(5-7-11)18(14,15)12-3/h4-7,12-13H,1,8H2,2-3H3. The van der Waals surface area contributed by atoms with Crippen molar-refractivity contribution in [2.75, 3.05) is 13.6 Å². The van der Waals surface area contributed by atoms with Crippen molar-refractivity contribution in [3.05, 3.63) is 36.4 Å². The zero-order valence-corrected chi connectivity index (χ0v) is 12.3. The lowest BCUT2D eigenvalue weighted by molar-refractivity contribution is 0.582. The van der Waals surface area contributed by atoms with Gasteiger partial charge in [0, 0.05) is 6.54 Å². The highest BCUT2D eigenvalue weighted by molar-refractivity contribution is 7.90. The molecule has 0 bridgehead atoms. The van der Waals surface area contributed by atoms with Crippen molar-refractivity contribution < 1.29 is 16.8 Å². The molecule has 1 aromatic rings. The van der Waals surface area contributed by atoms with Crippen LogP contribution in [-0.2, 0) is 20.0 Å². The second kappa shape index (κ2) is 5.83. The summed E-state index contributed by atoms with van der Waals surface area (Å²) < 4.78 is 51.2. The molecule has 2 N–H and O–H groups in total. The molecule has 0 atom stereocenters. The normalized spacial score (nSPS) is 12.3. The second-order valence-electron chi connectivity index (χ2n) is 3.96. The molecule has 0 radical (unpaired) electrons. The first-order chi connectivity index (χ1) is 8.69. The van der Waals surface area contributed by atoms with Gasteiger partial charge in [-0.1, -0.05) is 12.2 Å². The summed E-state index contributed by atoms with van der Waals surface area (Å²) in [4.78, 5) is 0.0117. The van der Waals surface area contributed by atoms with Crippen LogP contribution in [0.1, 0.15) is 6.92 Å². The van der Waals surface area contributed by atoms with Crippen LogP contribution in [0.3, 0.4) is 0 Å². The molecule has 0 aliphatic heterocycles. The van der Waals surface area contributed by atoms with Gasteiger partial charge in [-0.25, -0.2) is 26.3 Å². The monoisotopic (exact) mass is 304 g/mol. The molecule has 19 heavy (non-hydrogen) atoms. The van der Waals surface area contributed by atoms with E-state index in [4.69, 9.17) is 0 Å². The lowest BCUT2D eigenvalue weighted by atomic mass is 10.4.